The van der Waals surface area contributed by atoms with Gasteiger partial charge in [-0.3, -0.25) is 4.79 Å². The first kappa shape index (κ1) is 11.9. The highest BCUT2D eigenvalue weighted by molar-refractivity contribution is 5.66. The van der Waals surface area contributed by atoms with Crippen molar-refractivity contribution in [2.45, 2.75) is 57.5 Å². The summed E-state index contributed by atoms with van der Waals surface area (Å²) in [6.07, 6.45) is 5.69. The van der Waals surface area contributed by atoms with E-state index in [-0.39, 0.29) is 6.42 Å². The lowest BCUT2D eigenvalue weighted by Gasteiger charge is -2.47. The van der Waals surface area contributed by atoms with Gasteiger partial charge in [0.05, 0.1) is 0 Å². The van der Waals surface area contributed by atoms with Crippen LogP contribution in [-0.4, -0.2) is 16.7 Å². The molecule has 0 aromatic rings. The summed E-state index contributed by atoms with van der Waals surface area (Å²) in [4.78, 5) is 10.6. The predicted molar refractivity (Wildman–Crippen MR) is 59.9 cm³/mol. The topological polar surface area (TPSA) is 37.3 Å². The van der Waals surface area contributed by atoms with Crippen LogP contribution in [-0.2, 0) is 4.79 Å². The van der Waals surface area contributed by atoms with Gasteiger partial charge in [0.2, 0.25) is 0 Å². The minimum atomic E-state index is -1.00. The van der Waals surface area contributed by atoms with Crippen molar-refractivity contribution in [1.29, 1.82) is 0 Å². The minimum Gasteiger partial charge on any atom is -0.481 e. The maximum Gasteiger partial charge on any atom is 0.303 e. The lowest BCUT2D eigenvalue weighted by molar-refractivity contribution is -0.138. The molecule has 0 heterocycles. The number of halogens is 1. The van der Waals surface area contributed by atoms with Gasteiger partial charge < -0.3 is 5.11 Å². The molecule has 1 N–H and O–H groups in total. The maximum atomic E-state index is 14.0. The van der Waals surface area contributed by atoms with Crippen LogP contribution in [0.4, 0.5) is 4.39 Å². The van der Waals surface area contributed by atoms with E-state index < -0.39 is 11.6 Å². The first-order valence-corrected chi connectivity index (χ1v) is 6.39. The zero-order chi connectivity index (χ0) is 11.8. The Hall–Kier alpha value is -0.600. The number of hydrogen-bond donors (Lipinski definition) is 1. The molecule has 2 aliphatic rings. The quantitative estimate of drug-likeness (QED) is 0.803. The van der Waals surface area contributed by atoms with Crippen LogP contribution in [0.3, 0.4) is 0 Å². The molecule has 0 spiro atoms. The fourth-order valence-electron chi connectivity index (χ4n) is 3.90. The van der Waals surface area contributed by atoms with Gasteiger partial charge in [-0.1, -0.05) is 19.3 Å². The van der Waals surface area contributed by atoms with Crippen molar-refractivity contribution in [3.8, 4) is 0 Å². The fraction of sp³-hybridized carbons (Fsp3) is 0.923. The van der Waals surface area contributed by atoms with Gasteiger partial charge in [0.15, 0.2) is 0 Å². The lowest BCUT2D eigenvalue weighted by Crippen LogP contribution is -2.42. The normalized spacial score (nSPS) is 43.0. The summed E-state index contributed by atoms with van der Waals surface area (Å²) in [5.41, 5.74) is -1.00. The van der Waals surface area contributed by atoms with Crippen molar-refractivity contribution in [1.82, 2.24) is 0 Å². The largest absolute Gasteiger partial charge is 0.481 e. The number of carbonyl (C=O) groups is 1. The minimum absolute atomic E-state index is 0.251. The first-order valence-electron chi connectivity index (χ1n) is 6.39. The van der Waals surface area contributed by atoms with Crippen LogP contribution in [0.2, 0.25) is 0 Å². The van der Waals surface area contributed by atoms with E-state index in [9.17, 15) is 9.18 Å². The van der Waals surface area contributed by atoms with Crippen LogP contribution >= 0.6 is 0 Å². The molecule has 0 aliphatic heterocycles. The molecule has 2 rings (SSSR count). The third-order valence-corrected chi connectivity index (χ3v) is 4.43. The van der Waals surface area contributed by atoms with Crippen molar-refractivity contribution < 1.29 is 14.3 Å². The second-order valence-electron chi connectivity index (χ2n) is 5.87. The molecular formula is C13H21FO2. The monoisotopic (exact) mass is 228 g/mol. The smallest absolute Gasteiger partial charge is 0.303 e. The van der Waals surface area contributed by atoms with Crippen molar-refractivity contribution >= 4 is 5.97 Å². The van der Waals surface area contributed by atoms with E-state index in [4.69, 9.17) is 5.11 Å². The van der Waals surface area contributed by atoms with Crippen LogP contribution in [0, 0.1) is 17.8 Å². The third kappa shape index (κ3) is 2.55. The van der Waals surface area contributed by atoms with Crippen molar-refractivity contribution in [2.75, 3.05) is 0 Å². The molecule has 2 aliphatic carbocycles. The molecule has 0 aromatic carbocycles. The molecule has 2 atom stereocenters. The molecule has 0 aromatic heterocycles. The molecule has 2 saturated carbocycles. The summed E-state index contributed by atoms with van der Waals surface area (Å²) >= 11 is 0. The van der Waals surface area contributed by atoms with Gasteiger partial charge in [-0.2, -0.15) is 0 Å². The van der Waals surface area contributed by atoms with Crippen molar-refractivity contribution in [3.63, 3.8) is 0 Å². The number of aliphatic carboxylic acids is 1. The number of hydrogen-bond acceptors (Lipinski definition) is 1. The molecule has 2 nitrogen and oxygen atoms in total. The Bertz CT molecular complexity index is 259. The van der Waals surface area contributed by atoms with Gasteiger partial charge >= 0.3 is 5.97 Å². The zero-order valence-electron chi connectivity index (χ0n) is 9.92. The van der Waals surface area contributed by atoms with E-state index in [1.54, 1.807) is 6.92 Å². The molecule has 0 amide bonds. The summed E-state index contributed by atoms with van der Waals surface area (Å²) in [6, 6.07) is 0. The number of alkyl halides is 1. The predicted octanol–water partition coefficient (Wildman–Crippen LogP) is 3.41. The molecule has 3 heteroatoms. The average molecular weight is 228 g/mol. The molecule has 0 radical (unpaired) electrons. The number of carboxylic acid groups (broad SMARTS) is 1. The van der Waals surface area contributed by atoms with Gasteiger partial charge in [-0.05, 0) is 43.9 Å². The van der Waals surface area contributed by atoms with Crippen LogP contribution in [0.5, 0.6) is 0 Å². The SMILES string of the molecule is CC1(F)CC2CCCC(C1)C2CCC(=O)O. The van der Waals surface area contributed by atoms with Gasteiger partial charge in [-0.15, -0.1) is 0 Å². The summed E-state index contributed by atoms with van der Waals surface area (Å²) in [5, 5.41) is 8.74. The summed E-state index contributed by atoms with van der Waals surface area (Å²) < 4.78 is 14.0. The molecular weight excluding hydrogens is 207 g/mol. The fourth-order valence-corrected chi connectivity index (χ4v) is 3.90. The highest BCUT2D eigenvalue weighted by Gasteiger charge is 2.45. The number of carboxylic acids is 1. The Morgan fingerprint density at radius 2 is 1.94 bits per heavy atom. The molecule has 16 heavy (non-hydrogen) atoms. The maximum absolute atomic E-state index is 14.0. The van der Waals surface area contributed by atoms with Gasteiger partial charge in [0, 0.05) is 6.42 Å². The lowest BCUT2D eigenvalue weighted by atomic mass is 9.59. The molecule has 2 unspecified atom stereocenters. The van der Waals surface area contributed by atoms with E-state index in [2.05, 4.69) is 0 Å². The Balaban J connectivity index is 2.00. The van der Waals surface area contributed by atoms with E-state index in [0.29, 0.717) is 30.6 Å². The van der Waals surface area contributed by atoms with E-state index in [1.165, 1.54) is 6.42 Å². The summed E-state index contributed by atoms with van der Waals surface area (Å²) in [7, 11) is 0. The Morgan fingerprint density at radius 1 is 1.38 bits per heavy atom. The Morgan fingerprint density at radius 3 is 2.44 bits per heavy atom. The van der Waals surface area contributed by atoms with E-state index in [1.807, 2.05) is 0 Å². The molecule has 2 fully saturated rings. The highest BCUT2D eigenvalue weighted by atomic mass is 19.1. The summed E-state index contributed by atoms with van der Waals surface area (Å²) in [6.45, 7) is 1.71. The van der Waals surface area contributed by atoms with Crippen molar-refractivity contribution in [3.05, 3.63) is 0 Å². The molecule has 0 saturated heterocycles. The molecule has 92 valence electrons. The Labute approximate surface area is 96.2 Å². The second-order valence-corrected chi connectivity index (χ2v) is 5.87. The van der Waals surface area contributed by atoms with Gasteiger partial charge in [0.25, 0.3) is 0 Å². The van der Waals surface area contributed by atoms with E-state index in [0.717, 1.165) is 19.3 Å². The van der Waals surface area contributed by atoms with Gasteiger partial charge in [-0.25, -0.2) is 4.39 Å². The van der Waals surface area contributed by atoms with E-state index >= 15 is 0 Å². The number of fused-ring (bicyclic) bond motifs is 2. The average Bonchev–Trinajstić information content (AvgIpc) is 2.13. The van der Waals surface area contributed by atoms with Crippen LogP contribution < -0.4 is 0 Å². The standard InChI is InChI=1S/C13H21FO2/c1-13(14)7-9-3-2-4-10(8-13)11(9)5-6-12(15)16/h9-11H,2-8H2,1H3,(H,15,16). The van der Waals surface area contributed by atoms with Gasteiger partial charge in [0.1, 0.15) is 5.67 Å². The van der Waals surface area contributed by atoms with Crippen LogP contribution in [0.25, 0.3) is 0 Å². The van der Waals surface area contributed by atoms with Crippen LogP contribution in [0.1, 0.15) is 51.9 Å². The van der Waals surface area contributed by atoms with Crippen molar-refractivity contribution in [2.24, 2.45) is 17.8 Å². The highest BCUT2D eigenvalue weighted by Crippen LogP contribution is 2.51. The molecule has 2 bridgehead atoms. The number of rotatable bonds is 3. The summed E-state index contributed by atoms with van der Waals surface area (Å²) in [5.74, 6) is 0.615. The Kier molecular flexibility index (Phi) is 3.22. The second kappa shape index (κ2) is 4.34. The third-order valence-electron chi connectivity index (χ3n) is 4.43. The zero-order valence-corrected chi connectivity index (χ0v) is 9.92. The van der Waals surface area contributed by atoms with Crippen LogP contribution in [0.15, 0.2) is 0 Å². The first-order chi connectivity index (χ1) is 7.48.